The largest absolute Gasteiger partial charge is 0.248 e. The Labute approximate surface area is 77.8 Å². The van der Waals surface area contributed by atoms with E-state index in [1.54, 1.807) is 18.0 Å². The zero-order chi connectivity index (χ0) is 8.27. The van der Waals surface area contributed by atoms with E-state index in [1.165, 1.54) is 0 Å². The normalized spacial score (nSPS) is 9.18. The highest BCUT2D eigenvalue weighted by Gasteiger charge is 2.00. The molecule has 1 aromatic rings. The third-order valence-electron chi connectivity index (χ3n) is 1.17. The van der Waals surface area contributed by atoms with Crippen LogP contribution in [0.25, 0.3) is 0 Å². The fraction of sp³-hybridized carbons (Fsp3) is 0.143. The minimum Gasteiger partial charge on any atom is -0.248 e. The second-order valence-corrected chi connectivity index (χ2v) is 3.48. The number of nitriles is 1. The summed E-state index contributed by atoms with van der Waals surface area (Å²) in [6.45, 7) is 0. The molecule has 0 atom stereocenters. The highest BCUT2D eigenvalue weighted by molar-refractivity contribution is 9.10. The number of nitrogens with zero attached hydrogens (tertiary/aromatic N) is 2. The Morgan fingerprint density at radius 2 is 2.45 bits per heavy atom. The van der Waals surface area contributed by atoms with Crippen molar-refractivity contribution in [2.75, 3.05) is 6.26 Å². The Kier molecular flexibility index (Phi) is 2.92. The first-order valence-corrected chi connectivity index (χ1v) is 4.89. The number of thioether (sulfide) groups is 1. The van der Waals surface area contributed by atoms with Gasteiger partial charge in [-0.15, -0.1) is 11.8 Å². The molecule has 0 aromatic carbocycles. The van der Waals surface area contributed by atoms with Crippen molar-refractivity contribution in [2.24, 2.45) is 0 Å². The van der Waals surface area contributed by atoms with E-state index in [1.807, 2.05) is 12.3 Å². The number of aromatic nitrogens is 1. The molecular weight excluding hydrogens is 224 g/mol. The average molecular weight is 229 g/mol. The van der Waals surface area contributed by atoms with Gasteiger partial charge in [-0.3, -0.25) is 0 Å². The van der Waals surface area contributed by atoms with Crippen molar-refractivity contribution in [2.45, 2.75) is 4.90 Å². The van der Waals surface area contributed by atoms with Crippen molar-refractivity contribution in [3.63, 3.8) is 0 Å². The summed E-state index contributed by atoms with van der Waals surface area (Å²) >= 11 is 4.77. The Morgan fingerprint density at radius 1 is 1.73 bits per heavy atom. The van der Waals surface area contributed by atoms with Crippen molar-refractivity contribution in [1.29, 1.82) is 5.26 Å². The maximum Gasteiger partial charge on any atom is 0.107 e. The Balaban J connectivity index is 3.19. The molecule has 56 valence electrons. The van der Waals surface area contributed by atoms with Crippen molar-refractivity contribution < 1.29 is 0 Å². The number of hydrogen-bond donors (Lipinski definition) is 0. The van der Waals surface area contributed by atoms with Crippen molar-refractivity contribution in [1.82, 2.24) is 4.98 Å². The molecule has 1 aromatic heterocycles. The molecule has 0 saturated heterocycles. The van der Waals surface area contributed by atoms with E-state index in [9.17, 15) is 0 Å². The standard InChI is InChI=1S/C7H5BrN2S/c1-11-6-2-7(8)10-4-5(6)3-9/h2,4H,1H3. The molecule has 0 N–H and O–H groups in total. The van der Waals surface area contributed by atoms with E-state index >= 15 is 0 Å². The molecule has 11 heavy (non-hydrogen) atoms. The van der Waals surface area contributed by atoms with Crippen LogP contribution in [0, 0.1) is 11.3 Å². The highest BCUT2D eigenvalue weighted by Crippen LogP contribution is 2.21. The SMILES string of the molecule is CSc1cc(Br)ncc1C#N. The molecular formula is C7H5BrN2S. The molecule has 1 rings (SSSR count). The molecule has 0 aliphatic rings. The molecule has 1 heterocycles. The topological polar surface area (TPSA) is 36.7 Å². The molecule has 0 bridgehead atoms. The summed E-state index contributed by atoms with van der Waals surface area (Å²) in [7, 11) is 0. The van der Waals surface area contributed by atoms with E-state index in [4.69, 9.17) is 5.26 Å². The van der Waals surface area contributed by atoms with Gasteiger partial charge >= 0.3 is 0 Å². The van der Waals surface area contributed by atoms with Crippen LogP contribution in [0.2, 0.25) is 0 Å². The predicted molar refractivity (Wildman–Crippen MR) is 48.4 cm³/mol. The van der Waals surface area contributed by atoms with Gasteiger partial charge in [0.1, 0.15) is 10.7 Å². The third-order valence-corrected chi connectivity index (χ3v) is 2.38. The number of hydrogen-bond acceptors (Lipinski definition) is 3. The van der Waals surface area contributed by atoms with Gasteiger partial charge in [-0.2, -0.15) is 5.26 Å². The second kappa shape index (κ2) is 3.74. The van der Waals surface area contributed by atoms with Gasteiger partial charge in [0.15, 0.2) is 0 Å². The number of pyridine rings is 1. The summed E-state index contributed by atoms with van der Waals surface area (Å²) in [6, 6.07) is 3.91. The fourth-order valence-electron chi connectivity index (χ4n) is 0.666. The third kappa shape index (κ3) is 1.95. The van der Waals surface area contributed by atoms with E-state index in [2.05, 4.69) is 27.0 Å². The number of halogens is 1. The van der Waals surface area contributed by atoms with Crippen LogP contribution in [-0.4, -0.2) is 11.2 Å². The lowest BCUT2D eigenvalue weighted by Crippen LogP contribution is -1.83. The van der Waals surface area contributed by atoms with Crippen molar-refractivity contribution in [3.8, 4) is 6.07 Å². The maximum atomic E-state index is 8.62. The molecule has 4 heteroatoms. The highest BCUT2D eigenvalue weighted by atomic mass is 79.9. The zero-order valence-electron chi connectivity index (χ0n) is 5.84. The van der Waals surface area contributed by atoms with Crippen LogP contribution in [0.4, 0.5) is 0 Å². The van der Waals surface area contributed by atoms with Crippen LogP contribution in [-0.2, 0) is 0 Å². The molecule has 0 fully saturated rings. The first kappa shape index (κ1) is 8.57. The van der Waals surface area contributed by atoms with Crippen LogP contribution < -0.4 is 0 Å². The predicted octanol–water partition coefficient (Wildman–Crippen LogP) is 2.44. The molecule has 2 nitrogen and oxygen atoms in total. The van der Waals surface area contributed by atoms with E-state index < -0.39 is 0 Å². The molecule has 0 spiro atoms. The molecule has 0 amide bonds. The van der Waals surface area contributed by atoms with Crippen LogP contribution >= 0.6 is 27.7 Å². The Morgan fingerprint density at radius 3 is 3.00 bits per heavy atom. The van der Waals surface area contributed by atoms with Crippen LogP contribution in [0.1, 0.15) is 5.56 Å². The zero-order valence-corrected chi connectivity index (χ0v) is 8.24. The van der Waals surface area contributed by atoms with Gasteiger partial charge in [-0.25, -0.2) is 4.98 Å². The van der Waals surface area contributed by atoms with Gasteiger partial charge in [-0.1, -0.05) is 0 Å². The minimum absolute atomic E-state index is 0.626. The monoisotopic (exact) mass is 228 g/mol. The van der Waals surface area contributed by atoms with E-state index in [-0.39, 0.29) is 0 Å². The Bertz CT molecular complexity index is 306. The van der Waals surface area contributed by atoms with Crippen LogP contribution in [0.15, 0.2) is 21.8 Å². The quantitative estimate of drug-likeness (QED) is 0.548. The lowest BCUT2D eigenvalue weighted by atomic mass is 10.3. The summed E-state index contributed by atoms with van der Waals surface area (Å²) < 4.78 is 0.765. The van der Waals surface area contributed by atoms with Crippen LogP contribution in [0.5, 0.6) is 0 Å². The van der Waals surface area contributed by atoms with Crippen molar-refractivity contribution in [3.05, 3.63) is 22.4 Å². The summed E-state index contributed by atoms with van der Waals surface area (Å²) in [4.78, 5) is 4.89. The summed E-state index contributed by atoms with van der Waals surface area (Å²) in [5.41, 5.74) is 0.626. The summed E-state index contributed by atoms with van der Waals surface area (Å²) in [5.74, 6) is 0. The molecule has 0 aliphatic heterocycles. The molecule has 0 saturated carbocycles. The van der Waals surface area contributed by atoms with Gasteiger partial charge in [0.05, 0.1) is 5.56 Å². The van der Waals surface area contributed by atoms with Crippen LogP contribution in [0.3, 0.4) is 0 Å². The molecule has 0 aliphatic carbocycles. The lowest BCUT2D eigenvalue weighted by molar-refractivity contribution is 1.19. The van der Waals surface area contributed by atoms with Gasteiger partial charge in [0.2, 0.25) is 0 Å². The first-order chi connectivity index (χ1) is 5.27. The smallest absolute Gasteiger partial charge is 0.107 e. The first-order valence-electron chi connectivity index (χ1n) is 2.87. The van der Waals surface area contributed by atoms with E-state index in [0.29, 0.717) is 5.56 Å². The van der Waals surface area contributed by atoms with Gasteiger partial charge in [0.25, 0.3) is 0 Å². The molecule has 0 radical (unpaired) electrons. The second-order valence-electron chi connectivity index (χ2n) is 1.82. The minimum atomic E-state index is 0.626. The molecule has 0 unspecified atom stereocenters. The van der Waals surface area contributed by atoms with Gasteiger partial charge in [0, 0.05) is 11.1 Å². The summed E-state index contributed by atoms with van der Waals surface area (Å²) in [5, 5.41) is 8.62. The summed E-state index contributed by atoms with van der Waals surface area (Å²) in [6.07, 6.45) is 3.50. The maximum absolute atomic E-state index is 8.62. The number of rotatable bonds is 1. The van der Waals surface area contributed by atoms with Crippen molar-refractivity contribution >= 4 is 27.7 Å². The van der Waals surface area contributed by atoms with E-state index in [0.717, 1.165) is 9.50 Å². The fourth-order valence-corrected chi connectivity index (χ4v) is 1.70. The average Bonchev–Trinajstić information content (AvgIpc) is 2.04. The lowest BCUT2D eigenvalue weighted by Gasteiger charge is -1.97. The Hall–Kier alpha value is -0.530. The van der Waals surface area contributed by atoms with Gasteiger partial charge < -0.3 is 0 Å². The van der Waals surface area contributed by atoms with Gasteiger partial charge in [-0.05, 0) is 28.3 Å².